The van der Waals surface area contributed by atoms with Crippen LogP contribution in [-0.4, -0.2) is 29.9 Å². The fourth-order valence-corrected chi connectivity index (χ4v) is 3.73. The van der Waals surface area contributed by atoms with Crippen molar-refractivity contribution >= 4 is 11.7 Å². The Kier molecular flexibility index (Phi) is 6.10. The minimum atomic E-state index is -0.199. The molecule has 2 atom stereocenters. The third-order valence-corrected chi connectivity index (χ3v) is 5.21. The molecule has 0 aliphatic heterocycles. The predicted octanol–water partition coefficient (Wildman–Crippen LogP) is 3.43. The van der Waals surface area contributed by atoms with Crippen LogP contribution in [0.1, 0.15) is 50.5 Å². The summed E-state index contributed by atoms with van der Waals surface area (Å²) >= 11 is 0. The van der Waals surface area contributed by atoms with Crippen LogP contribution in [0.5, 0.6) is 0 Å². The molecule has 2 saturated carbocycles. The van der Waals surface area contributed by atoms with Gasteiger partial charge in [-0.05, 0) is 43.4 Å². The van der Waals surface area contributed by atoms with Gasteiger partial charge in [0.25, 0.3) is 0 Å². The van der Waals surface area contributed by atoms with Crippen LogP contribution in [0.3, 0.4) is 0 Å². The minimum Gasteiger partial charge on any atom is -0.396 e. The zero-order chi connectivity index (χ0) is 16.8. The molecule has 0 radical (unpaired) electrons. The number of urea groups is 1. The molecule has 24 heavy (non-hydrogen) atoms. The van der Waals surface area contributed by atoms with Gasteiger partial charge in [-0.25, -0.2) is 4.79 Å². The quantitative estimate of drug-likeness (QED) is 0.747. The molecule has 3 rings (SSSR count). The lowest BCUT2D eigenvalue weighted by molar-refractivity contribution is 0.0457. The Morgan fingerprint density at radius 1 is 1.08 bits per heavy atom. The van der Waals surface area contributed by atoms with Crippen LogP contribution in [0.25, 0.3) is 0 Å². The van der Waals surface area contributed by atoms with Crippen molar-refractivity contribution in [2.75, 3.05) is 11.9 Å². The molecule has 2 aliphatic rings. The van der Waals surface area contributed by atoms with E-state index in [0.29, 0.717) is 12.7 Å². The summed E-state index contributed by atoms with van der Waals surface area (Å²) in [5.41, 5.74) is 1.90. The van der Waals surface area contributed by atoms with Gasteiger partial charge in [0.1, 0.15) is 0 Å². The maximum absolute atomic E-state index is 12.1. The molecule has 5 nitrogen and oxygen atoms in total. The Bertz CT molecular complexity index is 526. The van der Waals surface area contributed by atoms with Gasteiger partial charge >= 0.3 is 6.03 Å². The summed E-state index contributed by atoms with van der Waals surface area (Å²) < 4.78 is 5.90. The van der Waals surface area contributed by atoms with E-state index in [-0.39, 0.29) is 24.6 Å². The number of rotatable bonds is 6. The van der Waals surface area contributed by atoms with Gasteiger partial charge in [0.15, 0.2) is 0 Å². The lowest BCUT2D eigenvalue weighted by Crippen LogP contribution is -2.41. The second-order valence-corrected chi connectivity index (χ2v) is 6.99. The summed E-state index contributed by atoms with van der Waals surface area (Å²) in [5.74, 6) is 0.186. The lowest BCUT2D eigenvalue weighted by atomic mass is 10.1. The highest BCUT2D eigenvalue weighted by molar-refractivity contribution is 5.89. The fraction of sp³-hybridized carbons (Fsp3) is 0.632. The summed E-state index contributed by atoms with van der Waals surface area (Å²) in [4.78, 5) is 12.1. The Morgan fingerprint density at radius 2 is 1.83 bits per heavy atom. The number of hydrogen-bond acceptors (Lipinski definition) is 3. The van der Waals surface area contributed by atoms with Gasteiger partial charge in [0.2, 0.25) is 0 Å². The average molecular weight is 332 g/mol. The van der Waals surface area contributed by atoms with Gasteiger partial charge in [-0.3, -0.25) is 0 Å². The summed E-state index contributed by atoms with van der Waals surface area (Å²) in [5, 5.41) is 15.2. The number of aliphatic hydroxyl groups excluding tert-OH is 1. The molecule has 1 aromatic carbocycles. The Hall–Kier alpha value is -1.59. The number of ether oxygens (including phenoxy) is 1. The van der Waals surface area contributed by atoms with Gasteiger partial charge in [0.05, 0.1) is 12.7 Å². The highest BCUT2D eigenvalue weighted by atomic mass is 16.5. The van der Waals surface area contributed by atoms with Crippen LogP contribution in [0, 0.1) is 5.92 Å². The molecule has 1 aromatic rings. The first-order valence-electron chi connectivity index (χ1n) is 9.13. The van der Waals surface area contributed by atoms with Gasteiger partial charge in [-0.1, -0.05) is 31.4 Å². The summed E-state index contributed by atoms with van der Waals surface area (Å²) in [6.07, 6.45) is 8.31. The third kappa shape index (κ3) is 4.71. The van der Waals surface area contributed by atoms with E-state index < -0.39 is 0 Å². The van der Waals surface area contributed by atoms with Crippen molar-refractivity contribution in [3.63, 3.8) is 0 Å². The number of nitrogens with one attached hydrogen (secondary N) is 2. The van der Waals surface area contributed by atoms with Gasteiger partial charge in [0, 0.05) is 24.3 Å². The zero-order valence-corrected chi connectivity index (χ0v) is 14.2. The molecular formula is C19H28N2O3. The first-order chi connectivity index (χ1) is 11.7. The first kappa shape index (κ1) is 17.2. The van der Waals surface area contributed by atoms with Crippen LogP contribution >= 0.6 is 0 Å². The lowest BCUT2D eigenvalue weighted by Gasteiger charge is -2.19. The number of anilines is 1. The maximum Gasteiger partial charge on any atom is 0.319 e. The van der Waals surface area contributed by atoms with E-state index in [4.69, 9.17) is 4.74 Å². The van der Waals surface area contributed by atoms with Crippen molar-refractivity contribution in [3.8, 4) is 0 Å². The Balaban J connectivity index is 1.44. The van der Waals surface area contributed by atoms with Crippen LogP contribution in [0.4, 0.5) is 10.5 Å². The van der Waals surface area contributed by atoms with Crippen LogP contribution in [-0.2, 0) is 11.3 Å². The summed E-state index contributed by atoms with van der Waals surface area (Å²) in [6, 6.07) is 7.69. The van der Waals surface area contributed by atoms with E-state index in [1.54, 1.807) is 0 Å². The van der Waals surface area contributed by atoms with Crippen molar-refractivity contribution in [1.82, 2.24) is 5.32 Å². The van der Waals surface area contributed by atoms with Crippen molar-refractivity contribution in [2.24, 2.45) is 5.92 Å². The highest BCUT2D eigenvalue weighted by Gasteiger charge is 2.27. The summed E-state index contributed by atoms with van der Waals surface area (Å²) in [7, 11) is 0. The normalized spacial score (nSPS) is 24.2. The number of carbonyl (C=O) groups excluding carboxylic acids is 1. The SMILES string of the molecule is O=C(Nc1ccc(COC2CCCC2)cc1)N[C@@H]1CCC[C@H]1CO. The van der Waals surface area contributed by atoms with Crippen LogP contribution < -0.4 is 10.6 Å². The smallest absolute Gasteiger partial charge is 0.319 e. The second kappa shape index (κ2) is 8.49. The molecule has 0 aromatic heterocycles. The molecule has 5 heteroatoms. The van der Waals surface area contributed by atoms with E-state index in [2.05, 4.69) is 10.6 Å². The monoisotopic (exact) mass is 332 g/mol. The Labute approximate surface area is 143 Å². The van der Waals surface area contributed by atoms with E-state index in [9.17, 15) is 9.90 Å². The maximum atomic E-state index is 12.1. The number of amides is 2. The van der Waals surface area contributed by atoms with Crippen molar-refractivity contribution in [3.05, 3.63) is 29.8 Å². The number of aliphatic hydroxyl groups is 1. The van der Waals surface area contributed by atoms with E-state index in [1.807, 2.05) is 24.3 Å². The number of hydrogen-bond donors (Lipinski definition) is 3. The van der Waals surface area contributed by atoms with Gasteiger partial charge in [-0.15, -0.1) is 0 Å². The topological polar surface area (TPSA) is 70.6 Å². The average Bonchev–Trinajstić information content (AvgIpc) is 3.25. The van der Waals surface area contributed by atoms with Gasteiger partial charge < -0.3 is 20.5 Å². The van der Waals surface area contributed by atoms with E-state index in [0.717, 1.165) is 30.5 Å². The number of carbonyl (C=O) groups is 1. The third-order valence-electron chi connectivity index (χ3n) is 5.21. The Morgan fingerprint density at radius 3 is 2.54 bits per heavy atom. The van der Waals surface area contributed by atoms with Crippen molar-refractivity contribution < 1.29 is 14.6 Å². The molecular weight excluding hydrogens is 304 g/mol. The second-order valence-electron chi connectivity index (χ2n) is 6.99. The molecule has 3 N–H and O–H groups in total. The predicted molar refractivity (Wildman–Crippen MR) is 93.9 cm³/mol. The van der Waals surface area contributed by atoms with Gasteiger partial charge in [-0.2, -0.15) is 0 Å². The van der Waals surface area contributed by atoms with E-state index in [1.165, 1.54) is 25.7 Å². The van der Waals surface area contributed by atoms with Crippen molar-refractivity contribution in [1.29, 1.82) is 0 Å². The molecule has 2 aliphatic carbocycles. The fourth-order valence-electron chi connectivity index (χ4n) is 3.73. The molecule has 2 fully saturated rings. The molecule has 0 heterocycles. The zero-order valence-electron chi connectivity index (χ0n) is 14.2. The van der Waals surface area contributed by atoms with Crippen molar-refractivity contribution in [2.45, 2.75) is 63.7 Å². The van der Waals surface area contributed by atoms with E-state index >= 15 is 0 Å². The molecule has 0 saturated heterocycles. The molecule has 2 amide bonds. The molecule has 0 bridgehead atoms. The standard InChI is InChI=1S/C19H28N2O3/c22-12-15-4-3-7-18(15)21-19(23)20-16-10-8-14(9-11-16)13-24-17-5-1-2-6-17/h8-11,15,17-18,22H,1-7,12-13H2,(H2,20,21,23)/t15-,18+/m0/s1. The molecule has 132 valence electrons. The minimum absolute atomic E-state index is 0.0779. The number of benzene rings is 1. The summed E-state index contributed by atoms with van der Waals surface area (Å²) in [6.45, 7) is 0.776. The highest BCUT2D eigenvalue weighted by Crippen LogP contribution is 2.25. The largest absolute Gasteiger partial charge is 0.396 e. The van der Waals surface area contributed by atoms with Crippen LogP contribution in [0.15, 0.2) is 24.3 Å². The first-order valence-corrected chi connectivity index (χ1v) is 9.13. The molecule has 0 spiro atoms. The van der Waals surface area contributed by atoms with Crippen LogP contribution in [0.2, 0.25) is 0 Å². The molecule has 0 unspecified atom stereocenters.